The second-order valence-corrected chi connectivity index (χ2v) is 4.70. The molecule has 0 aromatic carbocycles. The summed E-state index contributed by atoms with van der Waals surface area (Å²) in [7, 11) is 0. The highest BCUT2D eigenvalue weighted by Gasteiger charge is 2.20. The summed E-state index contributed by atoms with van der Waals surface area (Å²) in [6.45, 7) is 4.44. The van der Waals surface area contributed by atoms with Crippen LogP contribution in [0.25, 0.3) is 0 Å². The summed E-state index contributed by atoms with van der Waals surface area (Å²) in [5, 5.41) is 5.70. The van der Waals surface area contributed by atoms with Crippen LogP contribution in [0.5, 0.6) is 0 Å². The van der Waals surface area contributed by atoms with Crippen LogP contribution < -0.4 is 5.32 Å². The number of likely N-dealkylation sites (N-methyl/N-ethyl adjacent to an activating group) is 1. The van der Waals surface area contributed by atoms with Gasteiger partial charge in [0.05, 0.1) is 0 Å². The van der Waals surface area contributed by atoms with E-state index in [1.165, 1.54) is 25.8 Å². The number of rotatable bonds is 3. The van der Waals surface area contributed by atoms with Crippen LogP contribution in [0.3, 0.4) is 0 Å². The first-order valence-corrected chi connectivity index (χ1v) is 6.06. The fraction of sp³-hybridized carbons (Fsp3) is 0.636. The van der Waals surface area contributed by atoms with Crippen molar-refractivity contribution in [3.05, 3.63) is 21.9 Å². The molecule has 1 heterocycles. The SMILES string of the molecule is CCNCC1CCCc2sccc21. The zero-order valence-electron chi connectivity index (χ0n) is 8.18. The lowest BCUT2D eigenvalue weighted by molar-refractivity contribution is 0.520. The minimum absolute atomic E-state index is 0.787. The molecule has 1 aliphatic rings. The van der Waals surface area contributed by atoms with Gasteiger partial charge in [-0.1, -0.05) is 6.92 Å². The van der Waals surface area contributed by atoms with Crippen molar-refractivity contribution >= 4 is 11.3 Å². The van der Waals surface area contributed by atoms with Crippen LogP contribution in [0.15, 0.2) is 11.4 Å². The fourth-order valence-electron chi connectivity index (χ4n) is 2.11. The van der Waals surface area contributed by atoms with Gasteiger partial charge in [-0.15, -0.1) is 11.3 Å². The van der Waals surface area contributed by atoms with E-state index in [1.54, 1.807) is 10.4 Å². The third kappa shape index (κ3) is 1.94. The molecule has 1 nitrogen and oxygen atoms in total. The molecule has 13 heavy (non-hydrogen) atoms. The van der Waals surface area contributed by atoms with Gasteiger partial charge in [0, 0.05) is 11.4 Å². The minimum Gasteiger partial charge on any atom is -0.316 e. The average Bonchev–Trinajstić information content (AvgIpc) is 2.62. The Morgan fingerprint density at radius 1 is 1.62 bits per heavy atom. The second kappa shape index (κ2) is 4.25. The molecular weight excluding hydrogens is 178 g/mol. The number of hydrogen-bond donors (Lipinski definition) is 1. The summed E-state index contributed by atoms with van der Waals surface area (Å²) in [4.78, 5) is 1.63. The summed E-state index contributed by atoms with van der Waals surface area (Å²) < 4.78 is 0. The van der Waals surface area contributed by atoms with E-state index < -0.39 is 0 Å². The Bertz CT molecular complexity index is 267. The summed E-state index contributed by atoms with van der Waals surface area (Å²) in [6, 6.07) is 2.32. The zero-order chi connectivity index (χ0) is 9.10. The topological polar surface area (TPSA) is 12.0 Å². The highest BCUT2D eigenvalue weighted by molar-refractivity contribution is 7.10. The second-order valence-electron chi connectivity index (χ2n) is 3.70. The van der Waals surface area contributed by atoms with Crippen LogP contribution in [-0.2, 0) is 6.42 Å². The molecule has 0 radical (unpaired) electrons. The molecule has 0 bridgehead atoms. The lowest BCUT2D eigenvalue weighted by Crippen LogP contribution is -2.23. The molecule has 0 saturated heterocycles. The van der Waals surface area contributed by atoms with E-state index in [4.69, 9.17) is 0 Å². The molecule has 2 rings (SSSR count). The van der Waals surface area contributed by atoms with Gasteiger partial charge in [0.15, 0.2) is 0 Å². The molecule has 0 aliphatic heterocycles. The first-order valence-electron chi connectivity index (χ1n) is 5.18. The quantitative estimate of drug-likeness (QED) is 0.782. The minimum atomic E-state index is 0.787. The van der Waals surface area contributed by atoms with Gasteiger partial charge in [-0.2, -0.15) is 0 Å². The van der Waals surface area contributed by atoms with Crippen LogP contribution in [0, 0.1) is 0 Å². The van der Waals surface area contributed by atoms with Crippen molar-refractivity contribution in [2.45, 2.75) is 32.1 Å². The largest absolute Gasteiger partial charge is 0.316 e. The summed E-state index contributed by atoms with van der Waals surface area (Å²) in [5.41, 5.74) is 1.62. The van der Waals surface area contributed by atoms with Crippen LogP contribution >= 0.6 is 11.3 Å². The molecule has 72 valence electrons. The lowest BCUT2D eigenvalue weighted by atomic mass is 9.88. The summed E-state index contributed by atoms with van der Waals surface area (Å²) >= 11 is 1.93. The molecule has 1 unspecified atom stereocenters. The van der Waals surface area contributed by atoms with E-state index in [0.717, 1.165) is 12.5 Å². The predicted octanol–water partition coefficient (Wildman–Crippen LogP) is 2.78. The molecule has 0 fully saturated rings. The molecule has 0 saturated carbocycles. The van der Waals surface area contributed by atoms with Crippen LogP contribution in [-0.4, -0.2) is 13.1 Å². The Kier molecular flexibility index (Phi) is 3.01. The monoisotopic (exact) mass is 195 g/mol. The first-order chi connectivity index (χ1) is 6.42. The standard InChI is InChI=1S/C11H17NS/c1-2-12-8-9-4-3-5-11-10(9)6-7-13-11/h6-7,9,12H,2-5,8H2,1H3. The van der Waals surface area contributed by atoms with Gasteiger partial charge in [0.25, 0.3) is 0 Å². The van der Waals surface area contributed by atoms with E-state index in [-0.39, 0.29) is 0 Å². The van der Waals surface area contributed by atoms with Crippen LogP contribution in [0.4, 0.5) is 0 Å². The van der Waals surface area contributed by atoms with Crippen molar-refractivity contribution in [2.24, 2.45) is 0 Å². The van der Waals surface area contributed by atoms with Crippen molar-refractivity contribution in [1.29, 1.82) is 0 Å². The number of thiophene rings is 1. The van der Waals surface area contributed by atoms with Gasteiger partial charge >= 0.3 is 0 Å². The summed E-state index contributed by atoms with van der Waals surface area (Å²) in [6.07, 6.45) is 4.07. The van der Waals surface area contributed by atoms with Crippen LogP contribution in [0.2, 0.25) is 0 Å². The third-order valence-electron chi connectivity index (χ3n) is 2.82. The molecule has 1 atom stereocenters. The van der Waals surface area contributed by atoms with E-state index >= 15 is 0 Å². The maximum atomic E-state index is 3.45. The Morgan fingerprint density at radius 2 is 2.54 bits per heavy atom. The zero-order valence-corrected chi connectivity index (χ0v) is 8.99. The normalized spacial score (nSPS) is 21.5. The van der Waals surface area contributed by atoms with Gasteiger partial charge in [-0.3, -0.25) is 0 Å². The Labute approximate surface area is 84.2 Å². The van der Waals surface area contributed by atoms with Gasteiger partial charge in [0.1, 0.15) is 0 Å². The summed E-state index contributed by atoms with van der Waals surface area (Å²) in [5.74, 6) is 0.787. The molecular formula is C11H17NS. The Hall–Kier alpha value is -0.340. The number of fused-ring (bicyclic) bond motifs is 1. The Morgan fingerprint density at radius 3 is 3.38 bits per heavy atom. The van der Waals surface area contributed by atoms with E-state index in [9.17, 15) is 0 Å². The van der Waals surface area contributed by atoms with E-state index in [2.05, 4.69) is 23.7 Å². The Balaban J connectivity index is 2.07. The number of hydrogen-bond acceptors (Lipinski definition) is 2. The smallest absolute Gasteiger partial charge is 0.00805 e. The van der Waals surface area contributed by atoms with Crippen molar-refractivity contribution in [3.63, 3.8) is 0 Å². The van der Waals surface area contributed by atoms with Crippen LogP contribution in [0.1, 0.15) is 36.1 Å². The van der Waals surface area contributed by atoms with Crippen molar-refractivity contribution in [2.75, 3.05) is 13.1 Å². The molecule has 2 heteroatoms. The fourth-order valence-corrected chi connectivity index (χ4v) is 3.12. The highest BCUT2D eigenvalue weighted by Crippen LogP contribution is 2.34. The highest BCUT2D eigenvalue weighted by atomic mass is 32.1. The lowest BCUT2D eigenvalue weighted by Gasteiger charge is -2.22. The van der Waals surface area contributed by atoms with Crippen molar-refractivity contribution in [1.82, 2.24) is 5.32 Å². The van der Waals surface area contributed by atoms with E-state index in [1.807, 2.05) is 11.3 Å². The molecule has 1 aromatic rings. The van der Waals surface area contributed by atoms with E-state index in [0.29, 0.717) is 0 Å². The third-order valence-corrected chi connectivity index (χ3v) is 3.81. The van der Waals surface area contributed by atoms with Gasteiger partial charge in [-0.25, -0.2) is 0 Å². The maximum absolute atomic E-state index is 3.45. The van der Waals surface area contributed by atoms with Gasteiger partial charge < -0.3 is 5.32 Å². The van der Waals surface area contributed by atoms with Crippen molar-refractivity contribution in [3.8, 4) is 0 Å². The predicted molar refractivity (Wildman–Crippen MR) is 58.5 cm³/mol. The number of nitrogens with one attached hydrogen (secondary N) is 1. The molecule has 1 N–H and O–H groups in total. The van der Waals surface area contributed by atoms with Gasteiger partial charge in [-0.05, 0) is 48.7 Å². The molecule has 1 aromatic heterocycles. The van der Waals surface area contributed by atoms with Gasteiger partial charge in [0.2, 0.25) is 0 Å². The molecule has 0 spiro atoms. The average molecular weight is 195 g/mol. The number of aryl methyl sites for hydroxylation is 1. The first kappa shape index (κ1) is 9.22. The molecule has 0 amide bonds. The molecule has 1 aliphatic carbocycles. The maximum Gasteiger partial charge on any atom is 0.00805 e. The van der Waals surface area contributed by atoms with Crippen molar-refractivity contribution < 1.29 is 0 Å².